The first kappa shape index (κ1) is 20.2. The van der Waals surface area contributed by atoms with Gasteiger partial charge < -0.3 is 14.8 Å². The minimum absolute atomic E-state index is 0.394. The minimum Gasteiger partial charge on any atom is -0.378 e. The molecule has 0 unspecified atom stereocenters. The molecular weight excluding hydrogens is 298 g/mol. The Balaban J connectivity index is 1.82. The number of hydrogen-bond acceptors (Lipinski definition) is 6. The molecule has 1 saturated heterocycles. The highest BCUT2D eigenvalue weighted by Crippen LogP contribution is 2.05. The predicted molar refractivity (Wildman–Crippen MR) is 96.1 cm³/mol. The van der Waals surface area contributed by atoms with E-state index in [-0.39, 0.29) is 0 Å². The van der Waals surface area contributed by atoms with Gasteiger partial charge in [-0.1, -0.05) is 6.92 Å². The highest BCUT2D eigenvalue weighted by Gasteiger charge is 2.17. The van der Waals surface area contributed by atoms with Crippen molar-refractivity contribution in [3.05, 3.63) is 0 Å². The molecule has 6 heteroatoms. The maximum Gasteiger partial charge on any atom is 0.0701 e. The van der Waals surface area contributed by atoms with Crippen molar-refractivity contribution in [3.63, 3.8) is 0 Å². The summed E-state index contributed by atoms with van der Waals surface area (Å²) in [7, 11) is 0. The molecule has 0 bridgehead atoms. The highest BCUT2D eigenvalue weighted by molar-refractivity contribution is 7.80. The fourth-order valence-electron chi connectivity index (χ4n) is 2.47. The fourth-order valence-corrected chi connectivity index (χ4v) is 2.60. The Kier molecular flexibility index (Phi) is 11.5. The van der Waals surface area contributed by atoms with E-state index in [1.54, 1.807) is 0 Å². The quantitative estimate of drug-likeness (QED) is 0.411. The highest BCUT2D eigenvalue weighted by atomic mass is 32.1. The molecule has 0 amide bonds. The second-order valence-corrected chi connectivity index (χ2v) is 7.13. The van der Waals surface area contributed by atoms with Crippen molar-refractivity contribution in [3.8, 4) is 0 Å². The Bertz CT molecular complexity index is 260. The van der Waals surface area contributed by atoms with E-state index >= 15 is 0 Å². The van der Waals surface area contributed by atoms with E-state index in [0.29, 0.717) is 24.5 Å². The van der Waals surface area contributed by atoms with Crippen LogP contribution >= 0.6 is 12.6 Å². The maximum atomic E-state index is 5.64. The SMILES string of the molecule is CC(C)N1CCN(CCOCCOCCNC[C@H](C)S)CC1. The monoisotopic (exact) mass is 333 g/mol. The average molecular weight is 334 g/mol. The van der Waals surface area contributed by atoms with Crippen LogP contribution in [0.15, 0.2) is 0 Å². The van der Waals surface area contributed by atoms with Crippen LogP contribution in [0.5, 0.6) is 0 Å². The van der Waals surface area contributed by atoms with Crippen LogP contribution in [0.4, 0.5) is 0 Å². The summed E-state index contributed by atoms with van der Waals surface area (Å²) in [4.78, 5) is 5.02. The Morgan fingerprint density at radius 3 is 2.18 bits per heavy atom. The number of ether oxygens (including phenoxy) is 2. The summed E-state index contributed by atoms with van der Waals surface area (Å²) in [6.07, 6.45) is 0. The van der Waals surface area contributed by atoms with Gasteiger partial charge in [0.25, 0.3) is 0 Å². The van der Waals surface area contributed by atoms with Gasteiger partial charge in [0, 0.05) is 57.1 Å². The molecule has 1 atom stereocenters. The molecular formula is C16H35N3O2S. The number of thiol groups is 1. The lowest BCUT2D eigenvalue weighted by Crippen LogP contribution is -2.49. The van der Waals surface area contributed by atoms with Gasteiger partial charge in [-0.05, 0) is 13.8 Å². The number of nitrogens with one attached hydrogen (secondary N) is 1. The second kappa shape index (κ2) is 12.6. The van der Waals surface area contributed by atoms with E-state index < -0.39 is 0 Å². The van der Waals surface area contributed by atoms with E-state index in [4.69, 9.17) is 9.47 Å². The zero-order valence-electron chi connectivity index (χ0n) is 14.6. The maximum absolute atomic E-state index is 5.64. The third-order valence-electron chi connectivity index (χ3n) is 3.92. The number of piperazine rings is 1. The molecule has 1 aliphatic heterocycles. The number of rotatable bonds is 12. The zero-order chi connectivity index (χ0) is 16.2. The van der Waals surface area contributed by atoms with Crippen molar-refractivity contribution in [1.29, 1.82) is 0 Å². The third kappa shape index (κ3) is 10.0. The average Bonchev–Trinajstić information content (AvgIpc) is 2.49. The number of nitrogens with zero attached hydrogens (tertiary/aromatic N) is 2. The lowest BCUT2D eigenvalue weighted by molar-refractivity contribution is 0.0302. The molecule has 1 heterocycles. The molecule has 0 aromatic heterocycles. The van der Waals surface area contributed by atoms with Gasteiger partial charge in [-0.25, -0.2) is 0 Å². The van der Waals surface area contributed by atoms with Crippen LogP contribution in [-0.4, -0.2) is 93.3 Å². The van der Waals surface area contributed by atoms with Gasteiger partial charge in [0.15, 0.2) is 0 Å². The van der Waals surface area contributed by atoms with Crippen molar-refractivity contribution < 1.29 is 9.47 Å². The Hall–Kier alpha value is 0.150. The van der Waals surface area contributed by atoms with Crippen molar-refractivity contribution in [2.45, 2.75) is 32.1 Å². The van der Waals surface area contributed by atoms with Crippen LogP contribution in [0.25, 0.3) is 0 Å². The first-order valence-electron chi connectivity index (χ1n) is 8.60. The van der Waals surface area contributed by atoms with Crippen LogP contribution in [0.3, 0.4) is 0 Å². The van der Waals surface area contributed by atoms with Crippen molar-refractivity contribution in [2.24, 2.45) is 0 Å². The molecule has 1 fully saturated rings. The van der Waals surface area contributed by atoms with Crippen LogP contribution in [-0.2, 0) is 9.47 Å². The van der Waals surface area contributed by atoms with E-state index in [1.807, 2.05) is 0 Å². The van der Waals surface area contributed by atoms with E-state index in [2.05, 4.69) is 48.5 Å². The van der Waals surface area contributed by atoms with Crippen LogP contribution in [0.1, 0.15) is 20.8 Å². The molecule has 0 aliphatic carbocycles. The molecule has 22 heavy (non-hydrogen) atoms. The standard InChI is InChI=1S/C16H35N3O2S/c1-15(2)19-7-5-18(6-8-19)9-11-21-13-12-20-10-4-17-14-16(3)22/h15-17,22H,4-14H2,1-3H3/t16-/m0/s1. The van der Waals surface area contributed by atoms with E-state index in [9.17, 15) is 0 Å². The molecule has 0 aromatic rings. The van der Waals surface area contributed by atoms with Gasteiger partial charge in [0.05, 0.1) is 26.4 Å². The van der Waals surface area contributed by atoms with Crippen LogP contribution in [0.2, 0.25) is 0 Å². The van der Waals surface area contributed by atoms with Crippen molar-refractivity contribution in [1.82, 2.24) is 15.1 Å². The fraction of sp³-hybridized carbons (Fsp3) is 1.00. The van der Waals surface area contributed by atoms with E-state index in [0.717, 1.165) is 45.9 Å². The summed E-state index contributed by atoms with van der Waals surface area (Å²) in [6.45, 7) is 17.0. The lowest BCUT2D eigenvalue weighted by Gasteiger charge is -2.36. The van der Waals surface area contributed by atoms with Gasteiger partial charge in [-0.15, -0.1) is 0 Å². The molecule has 132 valence electrons. The van der Waals surface area contributed by atoms with Gasteiger partial charge in [-0.2, -0.15) is 12.6 Å². The molecule has 0 radical (unpaired) electrons. The molecule has 1 N–H and O–H groups in total. The lowest BCUT2D eigenvalue weighted by atomic mass is 10.2. The Morgan fingerprint density at radius 1 is 0.955 bits per heavy atom. The Labute approximate surface area is 142 Å². The summed E-state index contributed by atoms with van der Waals surface area (Å²) >= 11 is 4.31. The van der Waals surface area contributed by atoms with Gasteiger partial charge in [0.1, 0.15) is 0 Å². The third-order valence-corrected chi connectivity index (χ3v) is 4.11. The van der Waals surface area contributed by atoms with Crippen LogP contribution in [0, 0.1) is 0 Å². The summed E-state index contributed by atoms with van der Waals surface area (Å²) in [5.41, 5.74) is 0. The summed E-state index contributed by atoms with van der Waals surface area (Å²) in [5, 5.41) is 3.68. The number of hydrogen-bond donors (Lipinski definition) is 2. The molecule has 1 aliphatic rings. The minimum atomic E-state index is 0.394. The molecule has 0 aromatic carbocycles. The molecule has 0 saturated carbocycles. The summed E-state index contributed by atoms with van der Waals surface area (Å²) in [5.74, 6) is 0. The molecule has 0 spiro atoms. The van der Waals surface area contributed by atoms with Crippen molar-refractivity contribution >= 4 is 12.6 Å². The largest absolute Gasteiger partial charge is 0.378 e. The molecule has 1 rings (SSSR count). The topological polar surface area (TPSA) is 37.0 Å². The van der Waals surface area contributed by atoms with E-state index in [1.165, 1.54) is 13.1 Å². The van der Waals surface area contributed by atoms with Crippen LogP contribution < -0.4 is 5.32 Å². The molecule has 5 nitrogen and oxygen atoms in total. The normalized spacial score (nSPS) is 19.0. The summed E-state index contributed by atoms with van der Waals surface area (Å²) < 4.78 is 11.2. The zero-order valence-corrected chi connectivity index (χ0v) is 15.5. The first-order chi connectivity index (χ1) is 10.6. The predicted octanol–water partition coefficient (Wildman–Crippen LogP) is 0.954. The van der Waals surface area contributed by atoms with Gasteiger partial charge in [-0.3, -0.25) is 9.80 Å². The second-order valence-electron chi connectivity index (χ2n) is 6.25. The van der Waals surface area contributed by atoms with Crippen molar-refractivity contribution in [2.75, 3.05) is 72.2 Å². The summed E-state index contributed by atoms with van der Waals surface area (Å²) in [6, 6.07) is 0.668. The van der Waals surface area contributed by atoms with Gasteiger partial charge in [0.2, 0.25) is 0 Å². The first-order valence-corrected chi connectivity index (χ1v) is 9.12. The van der Waals surface area contributed by atoms with Gasteiger partial charge >= 0.3 is 0 Å². The Morgan fingerprint density at radius 2 is 1.59 bits per heavy atom. The smallest absolute Gasteiger partial charge is 0.0701 e.